The molecule has 1 fully saturated rings. The lowest BCUT2D eigenvalue weighted by molar-refractivity contribution is 0.0853. The SMILES string of the molecule is Cc1cc(C(=O)NCC2CCCO2)nn1Cc1cc(Cl)cc2cc(-c3ccccc3)oc12. The minimum absolute atomic E-state index is 0.0969. The van der Waals surface area contributed by atoms with Gasteiger partial charge in [-0.3, -0.25) is 9.48 Å². The Morgan fingerprint density at radius 2 is 2.06 bits per heavy atom. The third kappa shape index (κ3) is 4.29. The Morgan fingerprint density at radius 3 is 2.84 bits per heavy atom. The molecule has 0 bridgehead atoms. The number of ether oxygens (including phenoxy) is 1. The van der Waals surface area contributed by atoms with Crippen molar-refractivity contribution in [2.45, 2.75) is 32.4 Å². The van der Waals surface area contributed by atoms with Gasteiger partial charge in [-0.25, -0.2) is 0 Å². The molecule has 2 aromatic heterocycles. The minimum Gasteiger partial charge on any atom is -0.456 e. The topological polar surface area (TPSA) is 69.3 Å². The van der Waals surface area contributed by atoms with E-state index in [1.807, 2.05) is 55.5 Å². The van der Waals surface area contributed by atoms with E-state index in [1.165, 1.54) is 0 Å². The zero-order valence-corrected chi connectivity index (χ0v) is 18.6. The molecule has 1 aliphatic heterocycles. The quantitative estimate of drug-likeness (QED) is 0.438. The number of benzene rings is 2. The second kappa shape index (κ2) is 8.81. The van der Waals surface area contributed by atoms with E-state index in [0.717, 1.165) is 53.0 Å². The van der Waals surface area contributed by atoms with Crippen molar-refractivity contribution < 1.29 is 13.9 Å². The highest BCUT2D eigenvalue weighted by atomic mass is 35.5. The monoisotopic (exact) mass is 449 g/mol. The lowest BCUT2D eigenvalue weighted by Crippen LogP contribution is -2.32. The number of fused-ring (bicyclic) bond motifs is 1. The summed E-state index contributed by atoms with van der Waals surface area (Å²) in [4.78, 5) is 12.6. The van der Waals surface area contributed by atoms with Crippen molar-refractivity contribution in [2.75, 3.05) is 13.2 Å². The van der Waals surface area contributed by atoms with E-state index >= 15 is 0 Å². The fourth-order valence-electron chi connectivity index (χ4n) is 4.09. The first-order valence-electron chi connectivity index (χ1n) is 10.8. The van der Waals surface area contributed by atoms with Crippen LogP contribution in [0.1, 0.15) is 34.6 Å². The number of aryl methyl sites for hydroxylation is 1. The maximum absolute atomic E-state index is 12.6. The normalized spacial score (nSPS) is 16.0. The lowest BCUT2D eigenvalue weighted by atomic mass is 10.1. The van der Waals surface area contributed by atoms with Gasteiger partial charge in [0, 0.05) is 40.4 Å². The predicted molar refractivity (Wildman–Crippen MR) is 124 cm³/mol. The van der Waals surface area contributed by atoms with Gasteiger partial charge in [-0.05, 0) is 44.0 Å². The van der Waals surface area contributed by atoms with Crippen LogP contribution in [0.25, 0.3) is 22.3 Å². The van der Waals surface area contributed by atoms with Crippen LogP contribution in [0, 0.1) is 6.92 Å². The molecule has 0 radical (unpaired) electrons. The standard InChI is InChI=1S/C25H24ClN3O3/c1-16-10-22(25(30)27-14-21-8-5-9-31-21)28-29(16)15-19-12-20(26)11-18-13-23(32-24(18)19)17-6-3-2-4-7-17/h2-4,6-7,10-13,21H,5,8-9,14-15H2,1H3,(H,27,30). The fraction of sp³-hybridized carbons (Fsp3) is 0.280. The van der Waals surface area contributed by atoms with E-state index < -0.39 is 0 Å². The number of aromatic nitrogens is 2. The number of halogens is 1. The highest BCUT2D eigenvalue weighted by Gasteiger charge is 2.19. The van der Waals surface area contributed by atoms with E-state index in [-0.39, 0.29) is 12.0 Å². The van der Waals surface area contributed by atoms with Crippen LogP contribution in [0.15, 0.2) is 59.0 Å². The summed E-state index contributed by atoms with van der Waals surface area (Å²) < 4.78 is 13.6. The smallest absolute Gasteiger partial charge is 0.271 e. The second-order valence-electron chi connectivity index (χ2n) is 8.13. The Hall–Kier alpha value is -3.09. The molecule has 1 aliphatic rings. The maximum atomic E-state index is 12.6. The zero-order valence-electron chi connectivity index (χ0n) is 17.8. The number of carbonyl (C=O) groups is 1. The van der Waals surface area contributed by atoms with Gasteiger partial charge in [0.25, 0.3) is 5.91 Å². The van der Waals surface area contributed by atoms with Crippen LogP contribution < -0.4 is 5.32 Å². The van der Waals surface area contributed by atoms with Gasteiger partial charge >= 0.3 is 0 Å². The van der Waals surface area contributed by atoms with Crippen molar-refractivity contribution in [2.24, 2.45) is 0 Å². The number of hydrogen-bond donors (Lipinski definition) is 1. The van der Waals surface area contributed by atoms with Crippen LogP contribution in [-0.4, -0.2) is 34.9 Å². The largest absolute Gasteiger partial charge is 0.456 e. The van der Waals surface area contributed by atoms with Gasteiger partial charge in [-0.2, -0.15) is 5.10 Å². The fourth-order valence-corrected chi connectivity index (χ4v) is 4.34. The van der Waals surface area contributed by atoms with E-state index in [9.17, 15) is 4.79 Å². The average molecular weight is 450 g/mol. The molecule has 0 saturated carbocycles. The highest BCUT2D eigenvalue weighted by Crippen LogP contribution is 2.32. The summed E-state index contributed by atoms with van der Waals surface area (Å²) in [6.07, 6.45) is 2.12. The Bertz CT molecular complexity index is 1260. The molecule has 0 spiro atoms. The highest BCUT2D eigenvalue weighted by molar-refractivity contribution is 6.31. The van der Waals surface area contributed by atoms with Gasteiger partial charge in [-0.15, -0.1) is 0 Å². The van der Waals surface area contributed by atoms with E-state index in [2.05, 4.69) is 10.4 Å². The lowest BCUT2D eigenvalue weighted by Gasteiger charge is -2.09. The predicted octanol–water partition coefficient (Wildman–Crippen LogP) is 5.22. The van der Waals surface area contributed by atoms with Crippen molar-refractivity contribution in [1.29, 1.82) is 0 Å². The van der Waals surface area contributed by atoms with Crippen molar-refractivity contribution >= 4 is 28.5 Å². The van der Waals surface area contributed by atoms with Gasteiger partial charge in [-0.1, -0.05) is 41.9 Å². The van der Waals surface area contributed by atoms with Crippen LogP contribution >= 0.6 is 11.6 Å². The van der Waals surface area contributed by atoms with E-state index in [4.69, 9.17) is 20.8 Å². The summed E-state index contributed by atoms with van der Waals surface area (Å²) in [6, 6.07) is 17.5. The number of nitrogens with zero attached hydrogens (tertiary/aromatic N) is 2. The number of furan rings is 1. The summed E-state index contributed by atoms with van der Waals surface area (Å²) in [7, 11) is 0. The first kappa shape index (κ1) is 20.8. The number of nitrogens with one attached hydrogen (secondary N) is 1. The van der Waals surface area contributed by atoms with Gasteiger partial charge in [0.15, 0.2) is 0 Å². The number of rotatable bonds is 6. The molecular weight excluding hydrogens is 426 g/mol. The van der Waals surface area contributed by atoms with Crippen LogP contribution in [0.4, 0.5) is 0 Å². The molecule has 1 unspecified atom stereocenters. The molecule has 0 aliphatic carbocycles. The summed E-state index contributed by atoms with van der Waals surface area (Å²) >= 11 is 6.40. The van der Waals surface area contributed by atoms with Crippen molar-refractivity contribution in [3.8, 4) is 11.3 Å². The van der Waals surface area contributed by atoms with Crippen LogP contribution in [-0.2, 0) is 11.3 Å². The van der Waals surface area contributed by atoms with Gasteiger partial charge in [0.05, 0.1) is 12.6 Å². The molecule has 6 nitrogen and oxygen atoms in total. The van der Waals surface area contributed by atoms with Gasteiger partial charge in [0.1, 0.15) is 17.0 Å². The van der Waals surface area contributed by atoms with E-state index in [1.54, 1.807) is 10.7 Å². The zero-order chi connectivity index (χ0) is 22.1. The molecule has 7 heteroatoms. The van der Waals surface area contributed by atoms with Crippen molar-refractivity contribution in [3.63, 3.8) is 0 Å². The molecule has 164 valence electrons. The average Bonchev–Trinajstić information content (AvgIpc) is 3.53. The molecule has 1 N–H and O–H groups in total. The molecule has 1 atom stereocenters. The van der Waals surface area contributed by atoms with E-state index in [0.29, 0.717) is 23.8 Å². The summed E-state index contributed by atoms with van der Waals surface area (Å²) in [6.45, 7) is 3.66. The van der Waals surface area contributed by atoms with Crippen molar-refractivity contribution in [1.82, 2.24) is 15.1 Å². The Kier molecular flexibility index (Phi) is 5.72. The molecule has 1 amide bonds. The first-order valence-corrected chi connectivity index (χ1v) is 11.2. The molecule has 4 aromatic rings. The third-order valence-electron chi connectivity index (χ3n) is 5.76. The van der Waals surface area contributed by atoms with Gasteiger partial charge < -0.3 is 14.5 Å². The third-order valence-corrected chi connectivity index (χ3v) is 5.98. The summed E-state index contributed by atoms with van der Waals surface area (Å²) in [5.41, 5.74) is 3.96. The summed E-state index contributed by atoms with van der Waals surface area (Å²) in [5.74, 6) is 0.596. The molecular formula is C25H24ClN3O3. The number of carbonyl (C=O) groups excluding carboxylic acids is 1. The summed E-state index contributed by atoms with van der Waals surface area (Å²) in [5, 5.41) is 9.02. The van der Waals surface area contributed by atoms with Gasteiger partial charge in [0.2, 0.25) is 0 Å². The Balaban J connectivity index is 1.39. The minimum atomic E-state index is -0.192. The molecule has 1 saturated heterocycles. The Morgan fingerprint density at radius 1 is 1.22 bits per heavy atom. The van der Waals surface area contributed by atoms with Crippen LogP contribution in [0.3, 0.4) is 0 Å². The Labute approximate surface area is 191 Å². The molecule has 3 heterocycles. The maximum Gasteiger partial charge on any atom is 0.271 e. The van der Waals surface area contributed by atoms with Crippen LogP contribution in [0.5, 0.6) is 0 Å². The van der Waals surface area contributed by atoms with Crippen molar-refractivity contribution in [3.05, 3.63) is 76.6 Å². The van der Waals surface area contributed by atoms with Crippen LogP contribution in [0.2, 0.25) is 5.02 Å². The molecule has 32 heavy (non-hydrogen) atoms. The number of amides is 1. The molecule has 2 aromatic carbocycles. The number of hydrogen-bond acceptors (Lipinski definition) is 4. The molecule has 5 rings (SSSR count). The first-order chi connectivity index (χ1) is 15.6. The second-order valence-corrected chi connectivity index (χ2v) is 8.57.